The number of aromatic nitrogens is 1. The second-order valence-corrected chi connectivity index (χ2v) is 7.38. The number of ether oxygens (including phenoxy) is 1. The lowest BCUT2D eigenvalue weighted by molar-refractivity contribution is 0.0984. The van der Waals surface area contributed by atoms with Crippen molar-refractivity contribution in [2.24, 2.45) is 4.99 Å². The van der Waals surface area contributed by atoms with Crippen LogP contribution in [0.5, 0.6) is 0 Å². The van der Waals surface area contributed by atoms with Crippen molar-refractivity contribution in [3.05, 3.63) is 89.3 Å². The minimum atomic E-state index is -0.531. The highest BCUT2D eigenvalue weighted by Gasteiger charge is 2.34. The van der Waals surface area contributed by atoms with Crippen LogP contribution in [0.4, 0.5) is 0 Å². The number of hydrogen-bond acceptors (Lipinski definition) is 5. The molecule has 1 aromatic heterocycles. The van der Waals surface area contributed by atoms with Crippen molar-refractivity contribution in [3.63, 3.8) is 0 Å². The van der Waals surface area contributed by atoms with Gasteiger partial charge in [0.1, 0.15) is 0 Å². The highest BCUT2D eigenvalue weighted by Crippen LogP contribution is 2.43. The average molecular weight is 409 g/mol. The third-order valence-electron chi connectivity index (χ3n) is 5.57. The Hall–Kier alpha value is -3.91. The number of pyridine rings is 1. The Balaban J connectivity index is 2.02. The number of aliphatic hydroxyl groups excluding tert-OH is 1. The first kappa shape index (κ1) is 20.4. The van der Waals surface area contributed by atoms with Crippen LogP contribution in [0.2, 0.25) is 0 Å². The fraction of sp³-hybridized carbons (Fsp3) is 0.192. The van der Waals surface area contributed by atoms with Crippen LogP contribution in [0.3, 0.4) is 0 Å². The number of aliphatic imine (C=N–C) groups is 1. The number of rotatable bonds is 4. The smallest absolute Gasteiger partial charge is 0.282 e. The lowest BCUT2D eigenvalue weighted by atomic mass is 9.78. The summed E-state index contributed by atoms with van der Waals surface area (Å²) in [5, 5.41) is 23.0. The van der Waals surface area contributed by atoms with E-state index in [0.717, 1.165) is 27.5 Å². The van der Waals surface area contributed by atoms with Gasteiger partial charge in [0.05, 0.1) is 35.4 Å². The largest absolute Gasteiger partial charge is 0.481 e. The molecule has 0 radical (unpaired) electrons. The molecule has 2 heterocycles. The Morgan fingerprint density at radius 3 is 2.65 bits per heavy atom. The molecular weight excluding hydrogens is 386 g/mol. The number of aliphatic hydroxyl groups is 1. The molecule has 1 atom stereocenters. The van der Waals surface area contributed by atoms with E-state index in [1.54, 1.807) is 19.3 Å². The van der Waals surface area contributed by atoms with Gasteiger partial charge in [-0.15, -0.1) is 0 Å². The summed E-state index contributed by atoms with van der Waals surface area (Å²) in [6.07, 6.45) is 3.52. The molecule has 0 bridgehead atoms. The molecule has 0 saturated carbocycles. The standard InChI is InChI=1S/C26H23N3O2/c1-4-31-26(30)24-17(3)29-16(2)22(14-27)25(24)23-15-28-13-12-21(23)20-11-7-9-18-8-5-6-10-19(18)20/h5-13,15,25,30H,4H2,1-3H3/b26-24+/t25-/m1/s1. The van der Waals surface area contributed by atoms with Crippen molar-refractivity contribution >= 4 is 16.5 Å². The molecule has 5 nitrogen and oxygen atoms in total. The third kappa shape index (κ3) is 3.57. The molecule has 2 aromatic carbocycles. The molecule has 154 valence electrons. The molecule has 31 heavy (non-hydrogen) atoms. The molecular formula is C26H23N3O2. The normalized spacial score (nSPS) is 17.9. The molecule has 0 aliphatic carbocycles. The van der Waals surface area contributed by atoms with Gasteiger partial charge >= 0.3 is 0 Å². The van der Waals surface area contributed by atoms with Crippen molar-refractivity contribution < 1.29 is 9.84 Å². The molecule has 0 fully saturated rings. The zero-order chi connectivity index (χ0) is 22.0. The molecule has 1 aliphatic heterocycles. The quantitative estimate of drug-likeness (QED) is 0.531. The maximum absolute atomic E-state index is 10.7. The maximum atomic E-state index is 10.7. The molecule has 0 saturated heterocycles. The number of allylic oxidation sites excluding steroid dienone is 3. The summed E-state index contributed by atoms with van der Waals surface area (Å²) < 4.78 is 5.45. The first-order chi connectivity index (χ1) is 15.1. The van der Waals surface area contributed by atoms with E-state index in [2.05, 4.69) is 40.3 Å². The summed E-state index contributed by atoms with van der Waals surface area (Å²) in [4.78, 5) is 8.87. The van der Waals surface area contributed by atoms with Crippen LogP contribution in [0.25, 0.3) is 21.9 Å². The average Bonchev–Trinajstić information content (AvgIpc) is 2.78. The lowest BCUT2D eigenvalue weighted by Gasteiger charge is -2.27. The molecule has 0 amide bonds. The zero-order valence-corrected chi connectivity index (χ0v) is 17.8. The van der Waals surface area contributed by atoms with Gasteiger partial charge in [-0.1, -0.05) is 42.5 Å². The van der Waals surface area contributed by atoms with Crippen LogP contribution < -0.4 is 0 Å². The van der Waals surface area contributed by atoms with E-state index in [9.17, 15) is 10.4 Å². The van der Waals surface area contributed by atoms with Crippen LogP contribution in [0.15, 0.2) is 88.7 Å². The third-order valence-corrected chi connectivity index (χ3v) is 5.57. The number of nitrogens with zero attached hydrogens (tertiary/aromatic N) is 3. The van der Waals surface area contributed by atoms with Crippen molar-refractivity contribution in [2.45, 2.75) is 26.7 Å². The summed E-state index contributed by atoms with van der Waals surface area (Å²) in [6.45, 7) is 5.75. The Bertz CT molecular complexity index is 1290. The van der Waals surface area contributed by atoms with Gasteiger partial charge in [0, 0.05) is 18.1 Å². The van der Waals surface area contributed by atoms with E-state index in [4.69, 9.17) is 4.74 Å². The number of benzene rings is 2. The van der Waals surface area contributed by atoms with Crippen LogP contribution in [-0.4, -0.2) is 22.4 Å². The fourth-order valence-electron chi connectivity index (χ4n) is 4.23. The number of fused-ring (bicyclic) bond motifs is 1. The van der Waals surface area contributed by atoms with Crippen LogP contribution >= 0.6 is 0 Å². The number of nitriles is 1. The SMILES string of the molecule is CCO/C(O)=C1\C(C)=NC(C)=C(C#N)[C@@H]1c1cnccc1-c1cccc2ccccc12. The molecule has 1 N–H and O–H groups in total. The Labute approximate surface area is 181 Å². The predicted octanol–water partition coefficient (Wildman–Crippen LogP) is 6.06. The molecule has 4 rings (SSSR count). The fourth-order valence-corrected chi connectivity index (χ4v) is 4.23. The van der Waals surface area contributed by atoms with Gasteiger partial charge in [-0.3, -0.25) is 9.98 Å². The Morgan fingerprint density at radius 2 is 1.87 bits per heavy atom. The second-order valence-electron chi connectivity index (χ2n) is 7.38. The van der Waals surface area contributed by atoms with Gasteiger partial charge in [0.15, 0.2) is 0 Å². The van der Waals surface area contributed by atoms with Crippen LogP contribution in [0.1, 0.15) is 32.3 Å². The summed E-state index contributed by atoms with van der Waals surface area (Å²) in [5.41, 5.74) is 5.05. The van der Waals surface area contributed by atoms with E-state index in [1.165, 1.54) is 0 Å². The monoisotopic (exact) mass is 409 g/mol. The minimum absolute atomic E-state index is 0.207. The second kappa shape index (κ2) is 8.45. The van der Waals surface area contributed by atoms with E-state index >= 15 is 0 Å². The van der Waals surface area contributed by atoms with E-state index < -0.39 is 5.92 Å². The molecule has 0 unspecified atom stereocenters. The molecule has 1 aliphatic rings. The van der Waals surface area contributed by atoms with Gasteiger partial charge in [-0.25, -0.2) is 0 Å². The van der Waals surface area contributed by atoms with Crippen molar-refractivity contribution in [3.8, 4) is 17.2 Å². The van der Waals surface area contributed by atoms with E-state index in [0.29, 0.717) is 29.2 Å². The maximum Gasteiger partial charge on any atom is 0.282 e. The van der Waals surface area contributed by atoms with Crippen molar-refractivity contribution in [1.29, 1.82) is 5.26 Å². The van der Waals surface area contributed by atoms with Crippen LogP contribution in [-0.2, 0) is 4.74 Å². The first-order valence-electron chi connectivity index (χ1n) is 10.2. The summed E-state index contributed by atoms with van der Waals surface area (Å²) >= 11 is 0. The van der Waals surface area contributed by atoms with Gasteiger partial charge in [-0.05, 0) is 54.3 Å². The van der Waals surface area contributed by atoms with Crippen molar-refractivity contribution in [2.75, 3.05) is 6.61 Å². The highest BCUT2D eigenvalue weighted by molar-refractivity contribution is 6.04. The topological polar surface area (TPSA) is 78.5 Å². The summed E-state index contributed by atoms with van der Waals surface area (Å²) in [6, 6.07) is 18.6. The number of hydrogen-bond donors (Lipinski definition) is 1. The first-order valence-corrected chi connectivity index (χ1v) is 10.2. The minimum Gasteiger partial charge on any atom is -0.481 e. The Morgan fingerprint density at radius 1 is 1.10 bits per heavy atom. The van der Waals surface area contributed by atoms with Gasteiger partial charge in [0.25, 0.3) is 5.95 Å². The van der Waals surface area contributed by atoms with E-state index in [-0.39, 0.29) is 5.95 Å². The lowest BCUT2D eigenvalue weighted by Crippen LogP contribution is -2.21. The van der Waals surface area contributed by atoms with Gasteiger partial charge in [0.2, 0.25) is 0 Å². The highest BCUT2D eigenvalue weighted by atomic mass is 16.6. The zero-order valence-electron chi connectivity index (χ0n) is 17.8. The summed E-state index contributed by atoms with van der Waals surface area (Å²) in [5.74, 6) is -0.738. The summed E-state index contributed by atoms with van der Waals surface area (Å²) in [7, 11) is 0. The molecule has 3 aromatic rings. The van der Waals surface area contributed by atoms with Crippen molar-refractivity contribution in [1.82, 2.24) is 4.98 Å². The van der Waals surface area contributed by atoms with Gasteiger partial charge in [-0.2, -0.15) is 5.26 Å². The molecule has 0 spiro atoms. The molecule has 5 heteroatoms. The Kier molecular flexibility index (Phi) is 5.55. The predicted molar refractivity (Wildman–Crippen MR) is 123 cm³/mol. The van der Waals surface area contributed by atoms with Gasteiger partial charge < -0.3 is 9.84 Å². The van der Waals surface area contributed by atoms with Crippen LogP contribution in [0, 0.1) is 11.3 Å². The van der Waals surface area contributed by atoms with E-state index in [1.807, 2.05) is 38.1 Å².